The summed E-state index contributed by atoms with van der Waals surface area (Å²) in [6.45, 7) is 4.53. The zero-order valence-electron chi connectivity index (χ0n) is 19.1. The standard InChI is InChI=1S/C25H26F3N5O/c1-16-5-3-14-33(21(16)11-9-19-8-7-18(15-31-19)25(26,27)28)24(34)22-20(10-6-17(2)32-22)23-29-12-4-13-30-23/h4,6-8,10,12-13,15-16,21H,3,5,9,11,14H2,1-2H3/t16-,21-/m1/s1. The molecule has 0 radical (unpaired) electrons. The zero-order valence-corrected chi connectivity index (χ0v) is 19.1. The first-order valence-corrected chi connectivity index (χ1v) is 11.3. The second-order valence-electron chi connectivity index (χ2n) is 8.68. The van der Waals surface area contributed by atoms with Gasteiger partial charge in [0.2, 0.25) is 0 Å². The highest BCUT2D eigenvalue weighted by Crippen LogP contribution is 2.31. The van der Waals surface area contributed by atoms with Crippen molar-refractivity contribution in [1.29, 1.82) is 0 Å². The maximum atomic E-state index is 13.7. The quantitative estimate of drug-likeness (QED) is 0.518. The van der Waals surface area contributed by atoms with Gasteiger partial charge in [-0.1, -0.05) is 6.92 Å². The van der Waals surface area contributed by atoms with Gasteiger partial charge in [-0.25, -0.2) is 15.0 Å². The molecule has 1 aliphatic heterocycles. The Labute approximate surface area is 196 Å². The molecule has 34 heavy (non-hydrogen) atoms. The number of aromatic nitrogens is 4. The van der Waals surface area contributed by atoms with E-state index >= 15 is 0 Å². The molecule has 3 aromatic rings. The van der Waals surface area contributed by atoms with Crippen molar-refractivity contribution >= 4 is 5.91 Å². The Morgan fingerprint density at radius 1 is 1.12 bits per heavy atom. The summed E-state index contributed by atoms with van der Waals surface area (Å²) in [6.07, 6.45) is 2.65. The minimum absolute atomic E-state index is 0.0720. The normalized spacial score (nSPS) is 18.7. The number of alkyl halides is 3. The van der Waals surface area contributed by atoms with Crippen molar-refractivity contribution in [3.63, 3.8) is 0 Å². The molecule has 1 saturated heterocycles. The van der Waals surface area contributed by atoms with Crippen molar-refractivity contribution in [1.82, 2.24) is 24.8 Å². The van der Waals surface area contributed by atoms with E-state index in [4.69, 9.17) is 0 Å². The van der Waals surface area contributed by atoms with E-state index in [0.717, 1.165) is 30.8 Å². The molecule has 0 saturated carbocycles. The smallest absolute Gasteiger partial charge is 0.334 e. The van der Waals surface area contributed by atoms with Crippen LogP contribution in [0.1, 0.15) is 53.6 Å². The van der Waals surface area contributed by atoms with Crippen molar-refractivity contribution in [3.8, 4) is 11.4 Å². The number of amides is 1. The highest BCUT2D eigenvalue weighted by molar-refractivity contribution is 5.98. The molecule has 9 heteroatoms. The Hall–Kier alpha value is -3.36. The molecule has 0 spiro atoms. The highest BCUT2D eigenvalue weighted by Gasteiger charge is 2.34. The lowest BCUT2D eigenvalue weighted by Gasteiger charge is -2.40. The number of rotatable bonds is 5. The van der Waals surface area contributed by atoms with E-state index < -0.39 is 11.7 Å². The minimum Gasteiger partial charge on any atom is -0.334 e. The van der Waals surface area contributed by atoms with Crippen molar-refractivity contribution in [2.24, 2.45) is 5.92 Å². The molecule has 3 aromatic heterocycles. The SMILES string of the molecule is Cc1ccc(-c2ncccn2)c(C(=O)N2CCC[C@@H](C)[C@H]2CCc2ccc(C(F)(F)F)cn2)n1. The third-order valence-corrected chi connectivity index (χ3v) is 6.27. The summed E-state index contributed by atoms with van der Waals surface area (Å²) in [7, 11) is 0. The summed E-state index contributed by atoms with van der Waals surface area (Å²) in [5, 5.41) is 0. The Balaban J connectivity index is 1.57. The first kappa shape index (κ1) is 23.8. The van der Waals surface area contributed by atoms with Gasteiger partial charge >= 0.3 is 6.18 Å². The van der Waals surface area contributed by atoms with Gasteiger partial charge in [0.15, 0.2) is 5.82 Å². The van der Waals surface area contributed by atoms with Crippen LogP contribution in [0.5, 0.6) is 0 Å². The molecule has 1 aliphatic rings. The van der Waals surface area contributed by atoms with Gasteiger partial charge in [0, 0.05) is 42.6 Å². The minimum atomic E-state index is -4.41. The van der Waals surface area contributed by atoms with Crippen LogP contribution in [0, 0.1) is 12.8 Å². The van der Waals surface area contributed by atoms with Crippen LogP contribution in [0.4, 0.5) is 13.2 Å². The van der Waals surface area contributed by atoms with Crippen LogP contribution in [0.15, 0.2) is 48.9 Å². The maximum absolute atomic E-state index is 13.7. The lowest BCUT2D eigenvalue weighted by molar-refractivity contribution is -0.137. The van der Waals surface area contributed by atoms with Crippen LogP contribution >= 0.6 is 0 Å². The Morgan fingerprint density at radius 2 is 1.88 bits per heavy atom. The first-order valence-electron chi connectivity index (χ1n) is 11.3. The number of hydrogen-bond acceptors (Lipinski definition) is 5. The molecular weight excluding hydrogens is 443 g/mol. The summed E-state index contributed by atoms with van der Waals surface area (Å²) in [5.74, 6) is 0.505. The number of halogens is 3. The molecule has 6 nitrogen and oxygen atoms in total. The number of nitrogens with zero attached hydrogens (tertiary/aromatic N) is 5. The molecule has 0 bridgehead atoms. The predicted octanol–water partition coefficient (Wildman–Crippen LogP) is 5.13. The Bertz CT molecular complexity index is 1140. The van der Waals surface area contributed by atoms with Gasteiger partial charge in [0.25, 0.3) is 5.91 Å². The lowest BCUT2D eigenvalue weighted by atomic mass is 9.87. The van der Waals surface area contributed by atoms with E-state index in [0.29, 0.717) is 42.2 Å². The van der Waals surface area contributed by atoms with Crippen molar-refractivity contribution in [2.75, 3.05) is 6.54 Å². The number of piperidine rings is 1. The summed E-state index contributed by atoms with van der Waals surface area (Å²) >= 11 is 0. The number of carbonyl (C=O) groups is 1. The number of hydrogen-bond donors (Lipinski definition) is 0. The van der Waals surface area contributed by atoms with E-state index in [1.807, 2.05) is 24.0 Å². The Morgan fingerprint density at radius 3 is 2.56 bits per heavy atom. The monoisotopic (exact) mass is 469 g/mol. The summed E-state index contributed by atoms with van der Waals surface area (Å²) in [6, 6.07) is 7.75. The molecule has 1 fully saturated rings. The molecule has 2 atom stereocenters. The third-order valence-electron chi connectivity index (χ3n) is 6.27. The largest absolute Gasteiger partial charge is 0.417 e. The van der Waals surface area contributed by atoms with E-state index in [9.17, 15) is 18.0 Å². The predicted molar refractivity (Wildman–Crippen MR) is 121 cm³/mol. The van der Waals surface area contributed by atoms with Crippen LogP contribution < -0.4 is 0 Å². The Kier molecular flexibility index (Phi) is 6.90. The van der Waals surface area contributed by atoms with Gasteiger partial charge in [-0.3, -0.25) is 9.78 Å². The van der Waals surface area contributed by atoms with Gasteiger partial charge in [-0.15, -0.1) is 0 Å². The van der Waals surface area contributed by atoms with Gasteiger partial charge in [0.1, 0.15) is 5.69 Å². The van der Waals surface area contributed by atoms with Gasteiger partial charge < -0.3 is 4.90 Å². The fraction of sp³-hybridized carbons (Fsp3) is 0.400. The third kappa shape index (κ3) is 5.24. The van der Waals surface area contributed by atoms with Crippen LogP contribution in [0.25, 0.3) is 11.4 Å². The second kappa shape index (κ2) is 9.87. The van der Waals surface area contributed by atoms with Gasteiger partial charge in [-0.2, -0.15) is 13.2 Å². The molecule has 0 aromatic carbocycles. The molecule has 0 aliphatic carbocycles. The van der Waals surface area contributed by atoms with E-state index in [2.05, 4.69) is 26.9 Å². The number of carbonyl (C=O) groups excluding carboxylic acids is 1. The molecule has 4 heterocycles. The van der Waals surface area contributed by atoms with Crippen molar-refractivity contribution < 1.29 is 18.0 Å². The second-order valence-corrected chi connectivity index (χ2v) is 8.68. The van der Waals surface area contributed by atoms with Crippen LogP contribution in [-0.4, -0.2) is 43.3 Å². The number of likely N-dealkylation sites (tertiary alicyclic amines) is 1. The average molecular weight is 470 g/mol. The average Bonchev–Trinajstić information content (AvgIpc) is 2.83. The van der Waals surface area contributed by atoms with Crippen LogP contribution in [0.2, 0.25) is 0 Å². The van der Waals surface area contributed by atoms with E-state index in [-0.39, 0.29) is 17.9 Å². The summed E-state index contributed by atoms with van der Waals surface area (Å²) in [5.41, 5.74) is 1.43. The molecular formula is C25H26F3N5O. The van der Waals surface area contributed by atoms with Crippen molar-refractivity contribution in [2.45, 2.75) is 51.7 Å². The topological polar surface area (TPSA) is 71.9 Å². The van der Waals surface area contributed by atoms with Crippen LogP contribution in [-0.2, 0) is 12.6 Å². The molecule has 1 amide bonds. The fourth-order valence-electron chi connectivity index (χ4n) is 4.45. The first-order chi connectivity index (χ1) is 16.2. The lowest BCUT2D eigenvalue weighted by Crippen LogP contribution is -2.48. The molecule has 4 rings (SSSR count). The van der Waals surface area contributed by atoms with Gasteiger partial charge in [0.05, 0.1) is 11.1 Å². The number of pyridine rings is 2. The maximum Gasteiger partial charge on any atom is 0.417 e. The van der Waals surface area contributed by atoms with E-state index in [1.165, 1.54) is 6.07 Å². The zero-order chi connectivity index (χ0) is 24.3. The summed E-state index contributed by atoms with van der Waals surface area (Å²) < 4.78 is 38.5. The number of aryl methyl sites for hydroxylation is 2. The van der Waals surface area contributed by atoms with Gasteiger partial charge in [-0.05, 0) is 68.9 Å². The highest BCUT2D eigenvalue weighted by atomic mass is 19.4. The van der Waals surface area contributed by atoms with Crippen molar-refractivity contribution in [3.05, 3.63) is 71.6 Å². The molecule has 0 unspecified atom stereocenters. The fourth-order valence-corrected chi connectivity index (χ4v) is 4.45. The van der Waals surface area contributed by atoms with Crippen LogP contribution in [0.3, 0.4) is 0 Å². The molecule has 0 N–H and O–H groups in total. The van der Waals surface area contributed by atoms with E-state index in [1.54, 1.807) is 18.5 Å². The molecule has 178 valence electrons. The summed E-state index contributed by atoms with van der Waals surface area (Å²) in [4.78, 5) is 32.7.